The Balaban J connectivity index is 2.07. The zero-order valence-electron chi connectivity index (χ0n) is 19.9. The van der Waals surface area contributed by atoms with E-state index in [9.17, 15) is 23.6 Å². The Bertz CT molecular complexity index is 871. The van der Waals surface area contributed by atoms with Crippen molar-refractivity contribution in [3.05, 3.63) is 35.4 Å². The van der Waals surface area contributed by atoms with E-state index in [1.54, 1.807) is 53.7 Å². The second-order valence-electron chi connectivity index (χ2n) is 9.83. The summed E-state index contributed by atoms with van der Waals surface area (Å²) >= 11 is 0. The number of benzene rings is 1. The molecule has 2 N–H and O–H groups in total. The van der Waals surface area contributed by atoms with Gasteiger partial charge in [-0.2, -0.15) is 0 Å². The van der Waals surface area contributed by atoms with Crippen molar-refractivity contribution in [3.63, 3.8) is 0 Å². The zero-order valence-corrected chi connectivity index (χ0v) is 19.9. The lowest BCUT2D eigenvalue weighted by Crippen LogP contribution is -2.49. The molecule has 1 heterocycles. The Labute approximate surface area is 193 Å². The summed E-state index contributed by atoms with van der Waals surface area (Å²) in [6.07, 6.45) is -3.45. The van der Waals surface area contributed by atoms with Crippen LogP contribution >= 0.6 is 0 Å². The number of alkyl halides is 1. The molecule has 10 heteroatoms. The monoisotopic (exact) mass is 465 g/mol. The maximum atomic E-state index is 14.7. The molecule has 0 saturated heterocycles. The predicted octanol–water partition coefficient (Wildman–Crippen LogP) is 3.43. The molecule has 0 unspecified atom stereocenters. The van der Waals surface area contributed by atoms with Gasteiger partial charge in [-0.25, -0.2) is 14.0 Å². The van der Waals surface area contributed by atoms with Crippen LogP contribution in [0, 0.1) is 0 Å². The van der Waals surface area contributed by atoms with E-state index in [-0.39, 0.29) is 30.6 Å². The average Bonchev–Trinajstić information content (AvgIpc) is 2.89. The first kappa shape index (κ1) is 26.1. The van der Waals surface area contributed by atoms with E-state index >= 15 is 0 Å². The fraction of sp³-hybridized carbons (Fsp3) is 0.565. The van der Waals surface area contributed by atoms with E-state index in [0.717, 1.165) is 4.90 Å². The van der Waals surface area contributed by atoms with Gasteiger partial charge in [0.25, 0.3) is 11.8 Å². The number of carbonyl (C=O) groups excluding carboxylic acids is 4. The Morgan fingerprint density at radius 3 is 1.91 bits per heavy atom. The molecule has 2 atom stereocenters. The minimum atomic E-state index is -1.59. The van der Waals surface area contributed by atoms with Gasteiger partial charge in [-0.3, -0.25) is 14.5 Å². The van der Waals surface area contributed by atoms with Crippen LogP contribution in [0.1, 0.15) is 68.7 Å². The number of carbonyl (C=O) groups is 4. The first-order chi connectivity index (χ1) is 15.2. The summed E-state index contributed by atoms with van der Waals surface area (Å²) in [5, 5.41) is 4.87. The van der Waals surface area contributed by atoms with E-state index in [1.165, 1.54) is 12.1 Å². The normalized spacial score (nSPS) is 15.5. The molecule has 33 heavy (non-hydrogen) atoms. The fourth-order valence-corrected chi connectivity index (χ4v) is 3.18. The van der Waals surface area contributed by atoms with E-state index in [1.807, 2.05) is 0 Å². The van der Waals surface area contributed by atoms with Crippen LogP contribution in [-0.4, -0.2) is 65.4 Å². The molecule has 9 nitrogen and oxygen atoms in total. The van der Waals surface area contributed by atoms with Crippen molar-refractivity contribution in [1.82, 2.24) is 15.5 Å². The number of rotatable bonds is 7. The predicted molar refractivity (Wildman–Crippen MR) is 119 cm³/mol. The molecule has 0 saturated carbocycles. The van der Waals surface area contributed by atoms with Crippen molar-refractivity contribution in [1.29, 1.82) is 0 Å². The highest BCUT2D eigenvalue weighted by Crippen LogP contribution is 2.23. The third-order valence-electron chi connectivity index (χ3n) is 4.41. The van der Waals surface area contributed by atoms with Gasteiger partial charge in [0.15, 0.2) is 0 Å². The largest absolute Gasteiger partial charge is 0.444 e. The third kappa shape index (κ3) is 8.03. The number of amides is 4. The highest BCUT2D eigenvalue weighted by molar-refractivity contribution is 6.21. The summed E-state index contributed by atoms with van der Waals surface area (Å²) in [5.74, 6) is -1.04. The van der Waals surface area contributed by atoms with Gasteiger partial charge in [-0.1, -0.05) is 12.1 Å². The first-order valence-corrected chi connectivity index (χ1v) is 10.7. The van der Waals surface area contributed by atoms with E-state index < -0.39 is 47.4 Å². The number of fused-ring (bicyclic) bond motifs is 1. The summed E-state index contributed by atoms with van der Waals surface area (Å²) in [7, 11) is 0. The smallest absolute Gasteiger partial charge is 0.407 e. The molecule has 1 aliphatic rings. The summed E-state index contributed by atoms with van der Waals surface area (Å²) in [6.45, 7) is 9.45. The topological polar surface area (TPSA) is 114 Å². The SMILES string of the molecule is CC(C)(C)OC(=O)NC[C@@H](F)C[C@H](CN1C(=O)c2ccccc2C1=O)NC(=O)OC(C)(C)C. The van der Waals surface area contributed by atoms with Gasteiger partial charge in [-0.15, -0.1) is 0 Å². The van der Waals surface area contributed by atoms with Crippen molar-refractivity contribution in [2.45, 2.75) is 71.4 Å². The Kier molecular flexibility index (Phi) is 8.05. The van der Waals surface area contributed by atoms with Crippen LogP contribution in [0.15, 0.2) is 24.3 Å². The molecule has 2 rings (SSSR count). The maximum Gasteiger partial charge on any atom is 0.407 e. The molecule has 1 aliphatic heterocycles. The summed E-state index contributed by atoms with van der Waals surface area (Å²) < 4.78 is 25.0. The molecule has 0 radical (unpaired) electrons. The lowest BCUT2D eigenvalue weighted by Gasteiger charge is -2.27. The third-order valence-corrected chi connectivity index (χ3v) is 4.41. The number of ether oxygens (including phenoxy) is 2. The van der Waals surface area contributed by atoms with Gasteiger partial charge in [0, 0.05) is 13.0 Å². The highest BCUT2D eigenvalue weighted by Gasteiger charge is 2.37. The van der Waals surface area contributed by atoms with Crippen LogP contribution in [0.3, 0.4) is 0 Å². The van der Waals surface area contributed by atoms with Crippen molar-refractivity contribution in [2.75, 3.05) is 13.1 Å². The zero-order chi connectivity index (χ0) is 25.0. The fourth-order valence-electron chi connectivity index (χ4n) is 3.18. The van der Waals surface area contributed by atoms with Crippen LogP contribution in [0.2, 0.25) is 0 Å². The molecule has 1 aromatic carbocycles. The first-order valence-electron chi connectivity index (χ1n) is 10.7. The Morgan fingerprint density at radius 2 is 1.42 bits per heavy atom. The number of nitrogens with one attached hydrogen (secondary N) is 2. The summed E-state index contributed by atoms with van der Waals surface area (Å²) in [5.41, 5.74) is -1.02. The number of hydrogen-bond acceptors (Lipinski definition) is 6. The number of halogens is 1. The lowest BCUT2D eigenvalue weighted by molar-refractivity contribution is 0.0442. The van der Waals surface area contributed by atoms with Crippen molar-refractivity contribution in [3.8, 4) is 0 Å². The maximum absolute atomic E-state index is 14.7. The van der Waals surface area contributed by atoms with Crippen LogP contribution < -0.4 is 10.6 Å². The molecule has 182 valence electrons. The molecule has 0 bridgehead atoms. The van der Waals surface area contributed by atoms with E-state index in [0.29, 0.717) is 0 Å². The molecule has 0 spiro atoms. The molecular weight excluding hydrogens is 433 g/mol. The van der Waals surface area contributed by atoms with Crippen LogP contribution in [0.5, 0.6) is 0 Å². The van der Waals surface area contributed by atoms with Gasteiger partial charge >= 0.3 is 12.2 Å². The van der Waals surface area contributed by atoms with Crippen LogP contribution in [0.4, 0.5) is 14.0 Å². The lowest BCUT2D eigenvalue weighted by atomic mass is 10.1. The van der Waals surface area contributed by atoms with E-state index in [2.05, 4.69) is 10.6 Å². The second-order valence-corrected chi connectivity index (χ2v) is 9.83. The molecule has 0 fully saturated rings. The number of nitrogens with zero attached hydrogens (tertiary/aromatic N) is 1. The van der Waals surface area contributed by atoms with Gasteiger partial charge in [0.2, 0.25) is 0 Å². The Hall–Kier alpha value is -3.17. The molecule has 0 aromatic heterocycles. The average molecular weight is 466 g/mol. The van der Waals surface area contributed by atoms with Crippen LogP contribution in [0.25, 0.3) is 0 Å². The second kappa shape index (κ2) is 10.2. The van der Waals surface area contributed by atoms with Gasteiger partial charge in [0.05, 0.1) is 23.7 Å². The van der Waals surface area contributed by atoms with Crippen molar-refractivity contribution < 1.29 is 33.0 Å². The van der Waals surface area contributed by atoms with Gasteiger partial charge in [-0.05, 0) is 53.7 Å². The quantitative estimate of drug-likeness (QED) is 0.597. The number of hydrogen-bond donors (Lipinski definition) is 2. The summed E-state index contributed by atoms with van der Waals surface area (Å²) in [4.78, 5) is 50.4. The number of alkyl carbamates (subject to hydrolysis) is 2. The van der Waals surface area contributed by atoms with Crippen molar-refractivity contribution >= 4 is 24.0 Å². The van der Waals surface area contributed by atoms with Crippen LogP contribution in [-0.2, 0) is 9.47 Å². The minimum absolute atomic E-state index is 0.252. The number of imide groups is 1. The van der Waals surface area contributed by atoms with E-state index in [4.69, 9.17) is 9.47 Å². The standard InChI is InChI=1S/C23H32FN3O6/c1-22(2,3)32-20(30)25-12-14(24)11-15(26-21(31)33-23(4,5)6)13-27-18(28)16-9-7-8-10-17(16)19(27)29/h7-10,14-15H,11-13H2,1-6H3,(H,25,30)(H,26,31)/t14-,15+/m0/s1. The minimum Gasteiger partial charge on any atom is -0.444 e. The molecular formula is C23H32FN3O6. The van der Waals surface area contributed by atoms with Crippen molar-refractivity contribution in [2.24, 2.45) is 0 Å². The van der Waals surface area contributed by atoms with Gasteiger partial charge in [0.1, 0.15) is 17.4 Å². The molecule has 0 aliphatic carbocycles. The molecule has 1 aromatic rings. The van der Waals surface area contributed by atoms with Gasteiger partial charge < -0.3 is 20.1 Å². The molecule has 4 amide bonds. The highest BCUT2D eigenvalue weighted by atomic mass is 19.1. The summed E-state index contributed by atoms with van der Waals surface area (Å²) in [6, 6.07) is 5.41. The Morgan fingerprint density at radius 1 is 0.939 bits per heavy atom.